The lowest BCUT2D eigenvalue weighted by atomic mass is 9.88. The number of thioether (sulfide) groups is 2. The number of halogens is 1. The molecule has 4 rings (SSSR count). The van der Waals surface area contributed by atoms with Gasteiger partial charge < -0.3 is 15.0 Å². The Morgan fingerprint density at radius 1 is 1.14 bits per heavy atom. The minimum Gasteiger partial charge on any atom is -0.481 e. The van der Waals surface area contributed by atoms with Gasteiger partial charge in [0.15, 0.2) is 0 Å². The lowest BCUT2D eigenvalue weighted by Gasteiger charge is -2.24. The first-order chi connectivity index (χ1) is 17.3. The van der Waals surface area contributed by atoms with Gasteiger partial charge in [0.2, 0.25) is 5.91 Å². The van der Waals surface area contributed by atoms with Gasteiger partial charge in [-0.2, -0.15) is 0 Å². The summed E-state index contributed by atoms with van der Waals surface area (Å²) in [7, 11) is 0. The van der Waals surface area contributed by atoms with E-state index in [-0.39, 0.29) is 16.7 Å². The second kappa shape index (κ2) is 11.0. The second-order valence-electron chi connectivity index (χ2n) is 11.4. The van der Waals surface area contributed by atoms with Crippen LogP contribution in [0, 0.1) is 5.41 Å². The lowest BCUT2D eigenvalue weighted by molar-refractivity contribution is -0.146. The van der Waals surface area contributed by atoms with Crippen LogP contribution in [0.15, 0.2) is 52.3 Å². The fourth-order valence-corrected chi connectivity index (χ4v) is 6.81. The Kier molecular flexibility index (Phi) is 8.27. The molecule has 8 heteroatoms. The van der Waals surface area contributed by atoms with Gasteiger partial charge in [0.05, 0.1) is 5.41 Å². The first-order valence-electron chi connectivity index (χ1n) is 12.6. The van der Waals surface area contributed by atoms with Gasteiger partial charge in [-0.3, -0.25) is 9.59 Å². The van der Waals surface area contributed by atoms with Crippen molar-refractivity contribution in [2.75, 3.05) is 5.75 Å². The van der Waals surface area contributed by atoms with E-state index in [0.717, 1.165) is 44.1 Å². The van der Waals surface area contributed by atoms with Crippen molar-refractivity contribution in [3.63, 3.8) is 0 Å². The first kappa shape index (κ1) is 27.9. The van der Waals surface area contributed by atoms with E-state index in [4.69, 9.17) is 11.6 Å². The van der Waals surface area contributed by atoms with Gasteiger partial charge in [0.25, 0.3) is 0 Å². The quantitative estimate of drug-likeness (QED) is 0.270. The molecule has 0 aliphatic carbocycles. The Bertz CT molecular complexity index is 1310. The summed E-state index contributed by atoms with van der Waals surface area (Å²) in [6, 6.07) is 14.6. The Balaban J connectivity index is 1.82. The van der Waals surface area contributed by atoms with Gasteiger partial charge in [-0.1, -0.05) is 44.5 Å². The van der Waals surface area contributed by atoms with Gasteiger partial charge in [-0.05, 0) is 56.2 Å². The molecule has 2 aromatic carbocycles. The number of carboxylic acid groups (broad SMARTS) is 1. The first-order valence-corrected chi connectivity index (χ1v) is 14.7. The molecule has 0 saturated carbocycles. The minimum atomic E-state index is -0.919. The van der Waals surface area contributed by atoms with E-state index >= 15 is 0 Å². The molecule has 3 aromatic rings. The number of hydrogen-bond donors (Lipinski definition) is 2. The molecule has 1 saturated heterocycles. The fourth-order valence-electron chi connectivity index (χ4n) is 4.49. The standard InChI is InChI=1S/C29H35ClN2O3S2/c1-28(2,3)37-26-22-14-21(36-17-20-10-13-25(33)31-20)11-12-23(22)32(16-18-6-8-19(30)9-7-18)24(26)15-29(4,5)27(34)35/h6-9,11-12,14,20H,10,13,15-17H2,1-5H3,(H,31,33)(H,34,35). The van der Waals surface area contributed by atoms with Crippen LogP contribution >= 0.6 is 35.1 Å². The third-order valence-corrected chi connectivity index (χ3v) is 9.16. The molecule has 2 heterocycles. The Morgan fingerprint density at radius 2 is 1.84 bits per heavy atom. The third-order valence-electron chi connectivity index (χ3n) is 6.48. The van der Waals surface area contributed by atoms with Crippen LogP contribution in [0.4, 0.5) is 0 Å². The van der Waals surface area contributed by atoms with Crippen LogP contribution in [-0.2, 0) is 22.6 Å². The van der Waals surface area contributed by atoms with Crippen molar-refractivity contribution in [1.82, 2.24) is 9.88 Å². The summed E-state index contributed by atoms with van der Waals surface area (Å²) in [5.74, 6) is 0.163. The predicted octanol–water partition coefficient (Wildman–Crippen LogP) is 7.26. The van der Waals surface area contributed by atoms with Crippen LogP contribution in [0.1, 0.15) is 58.7 Å². The van der Waals surface area contributed by atoms with Crippen molar-refractivity contribution in [3.05, 3.63) is 58.7 Å². The summed E-state index contributed by atoms with van der Waals surface area (Å²) in [4.78, 5) is 26.1. The van der Waals surface area contributed by atoms with E-state index in [1.807, 2.05) is 24.3 Å². The second-order valence-corrected chi connectivity index (χ2v) is 14.7. The smallest absolute Gasteiger partial charge is 0.309 e. The SMILES string of the molecule is CC(C)(C)Sc1c(CC(C)(C)C(=O)O)n(Cc2ccc(Cl)cc2)c2ccc(SCC3CCC(=O)N3)cc12. The number of rotatable bonds is 9. The number of carbonyl (C=O) groups excluding carboxylic acids is 1. The van der Waals surface area contributed by atoms with Gasteiger partial charge in [-0.25, -0.2) is 0 Å². The number of aromatic nitrogens is 1. The van der Waals surface area contributed by atoms with Gasteiger partial charge >= 0.3 is 5.97 Å². The van der Waals surface area contributed by atoms with Gasteiger partial charge in [0, 0.05) is 67.3 Å². The Morgan fingerprint density at radius 3 is 2.43 bits per heavy atom. The highest BCUT2D eigenvalue weighted by atomic mass is 35.5. The number of aliphatic carboxylic acids is 1. The fraction of sp³-hybridized carbons (Fsp3) is 0.448. The summed E-state index contributed by atoms with van der Waals surface area (Å²) in [6.45, 7) is 10.8. The zero-order chi connectivity index (χ0) is 27.0. The van der Waals surface area contributed by atoms with Crippen LogP contribution in [0.5, 0.6) is 0 Å². The maximum Gasteiger partial charge on any atom is 0.309 e. The summed E-state index contributed by atoms with van der Waals surface area (Å²) >= 11 is 9.69. The molecule has 1 aromatic heterocycles. The highest BCUT2D eigenvalue weighted by Gasteiger charge is 2.33. The molecule has 0 spiro atoms. The largest absolute Gasteiger partial charge is 0.481 e. The number of fused-ring (bicyclic) bond motifs is 1. The Hall–Kier alpha value is -2.09. The summed E-state index contributed by atoms with van der Waals surface area (Å²) in [5.41, 5.74) is 2.33. The molecular weight excluding hydrogens is 524 g/mol. The van der Waals surface area contributed by atoms with Crippen molar-refractivity contribution in [3.8, 4) is 0 Å². The maximum absolute atomic E-state index is 12.2. The van der Waals surface area contributed by atoms with E-state index in [1.54, 1.807) is 37.4 Å². The van der Waals surface area contributed by atoms with Gasteiger partial charge in [0.1, 0.15) is 0 Å². The van der Waals surface area contributed by atoms with Crippen LogP contribution in [-0.4, -0.2) is 38.1 Å². The van der Waals surface area contributed by atoms with Crippen molar-refractivity contribution in [2.45, 2.75) is 81.0 Å². The van der Waals surface area contributed by atoms with Crippen molar-refractivity contribution < 1.29 is 14.7 Å². The topological polar surface area (TPSA) is 71.3 Å². The van der Waals surface area contributed by atoms with Crippen molar-refractivity contribution in [1.29, 1.82) is 0 Å². The molecule has 2 N–H and O–H groups in total. The monoisotopic (exact) mass is 558 g/mol. The van der Waals surface area contributed by atoms with E-state index < -0.39 is 11.4 Å². The molecule has 37 heavy (non-hydrogen) atoms. The third kappa shape index (κ3) is 6.87. The summed E-state index contributed by atoms with van der Waals surface area (Å²) in [6.07, 6.45) is 1.90. The minimum absolute atomic E-state index is 0.0568. The van der Waals surface area contributed by atoms with Gasteiger partial charge in [-0.15, -0.1) is 23.5 Å². The number of carboxylic acids is 1. The van der Waals surface area contributed by atoms with E-state index in [1.165, 1.54) is 0 Å². The Labute approximate surface area is 232 Å². The van der Waals surface area contributed by atoms with E-state index in [0.29, 0.717) is 24.4 Å². The normalized spacial score (nSPS) is 16.4. The average molecular weight is 559 g/mol. The number of carbonyl (C=O) groups is 2. The number of benzene rings is 2. The molecule has 1 amide bonds. The zero-order valence-electron chi connectivity index (χ0n) is 22.1. The molecule has 1 fully saturated rings. The summed E-state index contributed by atoms with van der Waals surface area (Å²) in [5, 5.41) is 14.9. The molecule has 5 nitrogen and oxygen atoms in total. The number of amides is 1. The molecule has 198 valence electrons. The van der Waals surface area contributed by atoms with Crippen LogP contribution in [0.3, 0.4) is 0 Å². The average Bonchev–Trinajstić information content (AvgIpc) is 3.34. The highest BCUT2D eigenvalue weighted by Crippen LogP contribution is 2.44. The molecule has 0 radical (unpaired) electrons. The summed E-state index contributed by atoms with van der Waals surface area (Å²) < 4.78 is 2.22. The molecule has 1 aliphatic heterocycles. The number of hydrogen-bond acceptors (Lipinski definition) is 4. The van der Waals surface area contributed by atoms with E-state index in [9.17, 15) is 14.7 Å². The van der Waals surface area contributed by atoms with Crippen molar-refractivity contribution in [2.24, 2.45) is 5.41 Å². The zero-order valence-corrected chi connectivity index (χ0v) is 24.4. The molecular formula is C29H35ClN2O3S2. The predicted molar refractivity (Wildman–Crippen MR) is 155 cm³/mol. The lowest BCUT2D eigenvalue weighted by Crippen LogP contribution is -2.28. The molecule has 0 bridgehead atoms. The van der Waals surface area contributed by atoms with Crippen LogP contribution in [0.2, 0.25) is 5.02 Å². The maximum atomic E-state index is 12.2. The van der Waals surface area contributed by atoms with Crippen molar-refractivity contribution >= 4 is 57.9 Å². The molecule has 1 aliphatic rings. The molecule has 1 unspecified atom stereocenters. The van der Waals surface area contributed by atoms with Crippen LogP contribution in [0.25, 0.3) is 10.9 Å². The number of nitrogens with one attached hydrogen (secondary N) is 1. The molecule has 1 atom stereocenters. The highest BCUT2D eigenvalue weighted by molar-refractivity contribution is 8.01. The van der Waals surface area contributed by atoms with E-state index in [2.05, 4.69) is 48.9 Å². The van der Waals surface area contributed by atoms with Crippen LogP contribution < -0.4 is 5.32 Å². The number of nitrogens with zero attached hydrogens (tertiary/aromatic N) is 1.